The fraction of sp³-hybridized carbons (Fsp3) is 0.333. The number of amidine groups is 1. The lowest BCUT2D eigenvalue weighted by atomic mass is 10.1. The van der Waals surface area contributed by atoms with Crippen molar-refractivity contribution in [2.24, 2.45) is 4.99 Å². The number of carbonyl (C=O) groups excluding carboxylic acids is 1. The summed E-state index contributed by atoms with van der Waals surface area (Å²) in [6.07, 6.45) is 8.16. The monoisotopic (exact) mass is 194 g/mol. The molecule has 0 radical (unpaired) electrons. The van der Waals surface area contributed by atoms with E-state index in [-0.39, 0.29) is 11.9 Å². The maximum absolute atomic E-state index is 10.8. The molecule has 1 N–H and O–H groups in total. The van der Waals surface area contributed by atoms with Gasteiger partial charge in [-0.2, -0.15) is 0 Å². The number of nitrogens with one attached hydrogen (secondary N) is 1. The molecule has 4 heteroatoms. The molecule has 1 amide bonds. The van der Waals surface area contributed by atoms with Gasteiger partial charge in [0.15, 0.2) is 5.17 Å². The van der Waals surface area contributed by atoms with Gasteiger partial charge in [-0.15, -0.1) is 0 Å². The van der Waals surface area contributed by atoms with Crippen molar-refractivity contribution in [3.8, 4) is 0 Å². The van der Waals surface area contributed by atoms with Gasteiger partial charge >= 0.3 is 0 Å². The van der Waals surface area contributed by atoms with Gasteiger partial charge in [0.25, 0.3) is 0 Å². The summed E-state index contributed by atoms with van der Waals surface area (Å²) in [4.78, 5) is 15.1. The van der Waals surface area contributed by atoms with E-state index in [1.807, 2.05) is 18.2 Å². The molecule has 2 atom stereocenters. The fourth-order valence-corrected chi connectivity index (χ4v) is 2.41. The summed E-state index contributed by atoms with van der Waals surface area (Å²) >= 11 is 1.60. The summed E-state index contributed by atoms with van der Waals surface area (Å²) in [5.74, 6) is -0.0575. The van der Waals surface area contributed by atoms with Gasteiger partial charge in [-0.25, -0.2) is 0 Å². The number of aliphatic imine (C=N–C) groups is 1. The molecule has 2 rings (SSSR count). The number of carbonyl (C=O) groups is 1. The van der Waals surface area contributed by atoms with Gasteiger partial charge in [-0.05, 0) is 0 Å². The maximum Gasteiger partial charge on any atom is 0.222 e. The van der Waals surface area contributed by atoms with Crippen molar-refractivity contribution in [1.29, 1.82) is 0 Å². The highest BCUT2D eigenvalue weighted by atomic mass is 32.2. The predicted molar refractivity (Wildman–Crippen MR) is 54.7 cm³/mol. The Hall–Kier alpha value is -1.03. The van der Waals surface area contributed by atoms with Crippen LogP contribution in [0.25, 0.3) is 0 Å². The van der Waals surface area contributed by atoms with Crippen molar-refractivity contribution >= 4 is 22.8 Å². The standard InChI is InChI=1S/C9H10N2OS/c1-6(12)10-9-11-7-4-2-3-5-8(7)13-9/h2-5,7-8H,1H3,(H,10,11,12). The first-order chi connectivity index (χ1) is 6.25. The van der Waals surface area contributed by atoms with Crippen LogP contribution < -0.4 is 5.32 Å². The van der Waals surface area contributed by atoms with Crippen LogP contribution >= 0.6 is 11.8 Å². The second-order valence-electron chi connectivity index (χ2n) is 2.96. The number of thioether (sulfide) groups is 1. The Bertz CT molecular complexity index is 320. The second kappa shape index (κ2) is 3.38. The van der Waals surface area contributed by atoms with E-state index >= 15 is 0 Å². The quantitative estimate of drug-likeness (QED) is 0.627. The molecule has 0 saturated heterocycles. The lowest BCUT2D eigenvalue weighted by molar-refractivity contribution is -0.117. The Labute approximate surface area is 81.0 Å². The van der Waals surface area contributed by atoms with E-state index in [2.05, 4.69) is 16.4 Å². The summed E-state index contributed by atoms with van der Waals surface area (Å²) in [5, 5.41) is 3.81. The van der Waals surface area contributed by atoms with E-state index in [9.17, 15) is 4.79 Å². The van der Waals surface area contributed by atoms with Gasteiger partial charge in [0.2, 0.25) is 5.91 Å². The smallest absolute Gasteiger partial charge is 0.222 e. The van der Waals surface area contributed by atoms with Crippen LogP contribution in [-0.4, -0.2) is 22.4 Å². The summed E-state index contributed by atoms with van der Waals surface area (Å²) in [6.45, 7) is 1.50. The molecule has 0 saturated carbocycles. The van der Waals surface area contributed by atoms with Crippen molar-refractivity contribution in [3.63, 3.8) is 0 Å². The third kappa shape index (κ3) is 1.83. The van der Waals surface area contributed by atoms with E-state index in [4.69, 9.17) is 0 Å². The molecule has 68 valence electrons. The number of hydrogen-bond acceptors (Lipinski definition) is 3. The lowest BCUT2D eigenvalue weighted by Crippen LogP contribution is -2.24. The van der Waals surface area contributed by atoms with Crippen LogP contribution in [0.15, 0.2) is 29.3 Å². The zero-order valence-electron chi connectivity index (χ0n) is 7.23. The van der Waals surface area contributed by atoms with E-state index in [1.165, 1.54) is 6.92 Å². The normalized spacial score (nSPS) is 29.8. The van der Waals surface area contributed by atoms with Crippen LogP contribution in [-0.2, 0) is 4.79 Å². The zero-order valence-corrected chi connectivity index (χ0v) is 8.04. The Morgan fingerprint density at radius 2 is 2.31 bits per heavy atom. The lowest BCUT2D eigenvalue weighted by Gasteiger charge is -2.10. The first-order valence-electron chi connectivity index (χ1n) is 4.13. The molecule has 0 spiro atoms. The van der Waals surface area contributed by atoms with Gasteiger partial charge in [0, 0.05) is 6.92 Å². The Morgan fingerprint density at radius 1 is 1.54 bits per heavy atom. The van der Waals surface area contributed by atoms with Gasteiger partial charge < -0.3 is 5.32 Å². The molecule has 2 aliphatic rings. The van der Waals surface area contributed by atoms with Crippen molar-refractivity contribution in [2.45, 2.75) is 18.2 Å². The van der Waals surface area contributed by atoms with Crippen LogP contribution in [0.5, 0.6) is 0 Å². The number of nitrogens with zero attached hydrogens (tertiary/aromatic N) is 1. The van der Waals surface area contributed by atoms with Gasteiger partial charge in [-0.1, -0.05) is 36.1 Å². The molecule has 2 unspecified atom stereocenters. The number of hydrogen-bond donors (Lipinski definition) is 1. The zero-order chi connectivity index (χ0) is 9.26. The molecular weight excluding hydrogens is 184 g/mol. The molecule has 0 fully saturated rings. The van der Waals surface area contributed by atoms with Gasteiger partial charge in [0.05, 0.1) is 11.3 Å². The van der Waals surface area contributed by atoms with Crippen molar-refractivity contribution in [1.82, 2.24) is 5.32 Å². The Balaban J connectivity index is 2.07. The van der Waals surface area contributed by atoms with Crippen LogP contribution in [0, 0.1) is 0 Å². The first-order valence-corrected chi connectivity index (χ1v) is 5.01. The van der Waals surface area contributed by atoms with Crippen LogP contribution in [0.4, 0.5) is 0 Å². The third-order valence-electron chi connectivity index (χ3n) is 1.85. The van der Waals surface area contributed by atoms with Gasteiger partial charge in [0.1, 0.15) is 0 Å². The average Bonchev–Trinajstić information content (AvgIpc) is 2.44. The molecule has 0 bridgehead atoms. The highest BCUT2D eigenvalue weighted by molar-refractivity contribution is 8.14. The second-order valence-corrected chi connectivity index (χ2v) is 4.13. The minimum absolute atomic E-state index is 0.0575. The molecule has 1 aliphatic carbocycles. The summed E-state index contributed by atoms with van der Waals surface area (Å²) in [5.41, 5.74) is 0. The topological polar surface area (TPSA) is 41.5 Å². The highest BCUT2D eigenvalue weighted by Crippen LogP contribution is 2.29. The molecule has 1 aliphatic heterocycles. The van der Waals surface area contributed by atoms with Crippen LogP contribution in [0.3, 0.4) is 0 Å². The van der Waals surface area contributed by atoms with E-state index < -0.39 is 0 Å². The third-order valence-corrected chi connectivity index (χ3v) is 2.99. The minimum Gasteiger partial charge on any atom is -0.306 e. The van der Waals surface area contributed by atoms with E-state index in [1.54, 1.807) is 11.8 Å². The summed E-state index contributed by atoms with van der Waals surface area (Å²) in [6, 6.07) is 0.205. The SMILES string of the molecule is CC(=O)NC1=NC2C=CC=CC2S1. The largest absolute Gasteiger partial charge is 0.306 e. The Kier molecular flexibility index (Phi) is 2.22. The average molecular weight is 194 g/mol. The number of rotatable bonds is 0. The van der Waals surface area contributed by atoms with Crippen LogP contribution in [0.2, 0.25) is 0 Å². The maximum atomic E-state index is 10.8. The minimum atomic E-state index is -0.0575. The molecule has 3 nitrogen and oxygen atoms in total. The van der Waals surface area contributed by atoms with Crippen LogP contribution in [0.1, 0.15) is 6.92 Å². The van der Waals surface area contributed by atoms with Gasteiger partial charge in [-0.3, -0.25) is 9.79 Å². The summed E-state index contributed by atoms with van der Waals surface area (Å²) in [7, 11) is 0. The molecular formula is C9H10N2OS. The van der Waals surface area contributed by atoms with Crippen molar-refractivity contribution in [3.05, 3.63) is 24.3 Å². The first kappa shape index (κ1) is 8.56. The molecule has 0 aromatic rings. The number of allylic oxidation sites excluding steroid dienone is 2. The number of fused-ring (bicyclic) bond motifs is 1. The highest BCUT2D eigenvalue weighted by Gasteiger charge is 2.27. The van der Waals surface area contributed by atoms with Crippen molar-refractivity contribution in [2.75, 3.05) is 0 Å². The van der Waals surface area contributed by atoms with Crippen molar-refractivity contribution < 1.29 is 4.79 Å². The molecule has 13 heavy (non-hydrogen) atoms. The predicted octanol–water partition coefficient (Wildman–Crippen LogP) is 1.09. The fourth-order valence-electron chi connectivity index (χ4n) is 1.31. The molecule has 0 aromatic heterocycles. The Morgan fingerprint density at radius 3 is 3.00 bits per heavy atom. The molecule has 1 heterocycles. The van der Waals surface area contributed by atoms with E-state index in [0.29, 0.717) is 5.25 Å². The number of amides is 1. The van der Waals surface area contributed by atoms with E-state index in [0.717, 1.165) is 5.17 Å². The molecule has 0 aromatic carbocycles. The summed E-state index contributed by atoms with van der Waals surface area (Å²) < 4.78 is 0.